The molecule has 13 nitrogen and oxygen atoms in total. The summed E-state index contributed by atoms with van der Waals surface area (Å²) in [5.74, 6) is 1.54. The lowest BCUT2D eigenvalue weighted by atomic mass is 9.88. The van der Waals surface area contributed by atoms with Gasteiger partial charge in [0.05, 0.1) is 25.6 Å². The molecule has 288 valence electrons. The van der Waals surface area contributed by atoms with E-state index >= 15 is 0 Å². The highest BCUT2D eigenvalue weighted by Gasteiger charge is 2.26. The van der Waals surface area contributed by atoms with Crippen molar-refractivity contribution in [2.24, 2.45) is 0 Å². The van der Waals surface area contributed by atoms with Crippen LogP contribution in [-0.2, 0) is 14.3 Å². The van der Waals surface area contributed by atoms with E-state index < -0.39 is 23.4 Å². The molecule has 0 saturated carbocycles. The number of nitrogen functional groups attached to an aromatic ring is 1. The first-order chi connectivity index (χ1) is 24.3. The van der Waals surface area contributed by atoms with Crippen LogP contribution in [0.25, 0.3) is 0 Å². The standard InChI is InChI=1S/C21H31N3O4.C18H29N3O3/c1-7-19(25)22-16-13-17(23-20(26)28-21(2,3)4)18(27-6)12-15(16)14-8-10-24(5)11-9-14;1-18(2,3)24-17(22)20-15-11-14(19)13(10-16(15)23-5)12-6-8-21(4)9-7-12/h7,12-14H,1,8-11H2,2-6H3,(H,22,25)(H,23,26);10-12H,6-9,19H2,1-5H3,(H,20,22). The summed E-state index contributed by atoms with van der Waals surface area (Å²) in [4.78, 5) is 40.8. The Kier molecular flexibility index (Phi) is 14.8. The number of nitrogens with zero attached hydrogens (tertiary/aromatic N) is 2. The number of rotatable bonds is 8. The third-order valence-electron chi connectivity index (χ3n) is 8.81. The first-order valence-electron chi connectivity index (χ1n) is 17.8. The zero-order chi connectivity index (χ0) is 38.8. The lowest BCUT2D eigenvalue weighted by Gasteiger charge is -2.31. The Morgan fingerprint density at radius 3 is 1.50 bits per heavy atom. The molecule has 2 saturated heterocycles. The SMILES string of the molecule is C=CC(=O)Nc1cc(NC(=O)OC(C)(C)C)c(OC)cc1C1CCN(C)CC1.COc1cc(C2CCN(C)CC2)c(N)cc1NC(=O)OC(C)(C)C. The van der Waals surface area contributed by atoms with Gasteiger partial charge in [0.1, 0.15) is 22.7 Å². The van der Waals surface area contributed by atoms with Crippen molar-refractivity contribution in [2.45, 2.75) is 90.3 Å². The van der Waals surface area contributed by atoms with E-state index in [1.54, 1.807) is 47.1 Å². The van der Waals surface area contributed by atoms with Crippen molar-refractivity contribution in [3.63, 3.8) is 0 Å². The van der Waals surface area contributed by atoms with Crippen LogP contribution < -0.4 is 31.2 Å². The summed E-state index contributed by atoms with van der Waals surface area (Å²) in [5.41, 5.74) is 9.45. The first kappa shape index (κ1) is 41.9. The number of ether oxygens (including phenoxy) is 4. The molecule has 0 unspecified atom stereocenters. The van der Waals surface area contributed by atoms with E-state index in [1.165, 1.54) is 6.08 Å². The summed E-state index contributed by atoms with van der Waals surface area (Å²) in [7, 11) is 7.37. The van der Waals surface area contributed by atoms with Gasteiger partial charge in [0.25, 0.3) is 0 Å². The molecule has 4 rings (SSSR count). The third kappa shape index (κ3) is 12.9. The number of carbonyl (C=O) groups excluding carboxylic acids is 3. The Hall–Kier alpha value is -4.49. The molecule has 0 atom stereocenters. The van der Waals surface area contributed by atoms with E-state index in [0.717, 1.165) is 63.0 Å². The van der Waals surface area contributed by atoms with Crippen LogP contribution in [-0.4, -0.2) is 93.6 Å². The molecule has 3 amide bonds. The highest BCUT2D eigenvalue weighted by Crippen LogP contribution is 2.40. The number of hydrogen-bond acceptors (Lipinski definition) is 10. The van der Waals surface area contributed by atoms with Crippen molar-refractivity contribution in [3.05, 3.63) is 48.0 Å². The number of amides is 3. The zero-order valence-electron chi connectivity index (χ0n) is 32.7. The second kappa shape index (κ2) is 18.3. The van der Waals surface area contributed by atoms with Gasteiger partial charge in [-0.05, 0) is 161 Å². The molecule has 0 radical (unpaired) electrons. The van der Waals surface area contributed by atoms with Gasteiger partial charge in [-0.2, -0.15) is 0 Å². The molecule has 2 aromatic carbocycles. The van der Waals surface area contributed by atoms with Crippen LogP contribution in [0.15, 0.2) is 36.9 Å². The zero-order valence-corrected chi connectivity index (χ0v) is 32.7. The molecule has 2 aliphatic rings. The van der Waals surface area contributed by atoms with Gasteiger partial charge in [0, 0.05) is 11.4 Å². The summed E-state index contributed by atoms with van der Waals surface area (Å²) in [6, 6.07) is 7.31. The average molecular weight is 725 g/mol. The van der Waals surface area contributed by atoms with E-state index in [2.05, 4.69) is 46.4 Å². The van der Waals surface area contributed by atoms with Gasteiger partial charge in [0.15, 0.2) is 0 Å². The van der Waals surface area contributed by atoms with Gasteiger partial charge in [-0.25, -0.2) is 9.59 Å². The van der Waals surface area contributed by atoms with Crippen molar-refractivity contribution in [3.8, 4) is 11.5 Å². The molecule has 52 heavy (non-hydrogen) atoms. The number of anilines is 4. The van der Waals surface area contributed by atoms with Gasteiger partial charge >= 0.3 is 12.2 Å². The predicted molar refractivity (Wildman–Crippen MR) is 208 cm³/mol. The van der Waals surface area contributed by atoms with E-state index in [1.807, 2.05) is 32.9 Å². The van der Waals surface area contributed by atoms with E-state index in [4.69, 9.17) is 24.7 Å². The largest absolute Gasteiger partial charge is 0.495 e. The molecule has 0 aromatic heterocycles. The van der Waals surface area contributed by atoms with Crippen LogP contribution in [0.4, 0.5) is 32.3 Å². The van der Waals surface area contributed by atoms with Gasteiger partial charge in [0.2, 0.25) is 5.91 Å². The van der Waals surface area contributed by atoms with Gasteiger partial charge in [-0.15, -0.1) is 0 Å². The third-order valence-corrected chi connectivity index (χ3v) is 8.81. The second-order valence-electron chi connectivity index (χ2n) is 15.4. The van der Waals surface area contributed by atoms with Crippen LogP contribution in [0.5, 0.6) is 11.5 Å². The summed E-state index contributed by atoms with van der Waals surface area (Å²) in [6.45, 7) is 18.5. The number of likely N-dealkylation sites (tertiary alicyclic amines) is 2. The van der Waals surface area contributed by atoms with E-state index in [9.17, 15) is 14.4 Å². The maximum Gasteiger partial charge on any atom is 0.412 e. The molecule has 0 spiro atoms. The Labute approximate surface area is 309 Å². The Bertz CT molecular complexity index is 1550. The highest BCUT2D eigenvalue weighted by molar-refractivity contribution is 6.00. The quantitative estimate of drug-likeness (QED) is 0.160. The first-order valence-corrected chi connectivity index (χ1v) is 17.8. The van der Waals surface area contributed by atoms with E-state index in [-0.39, 0.29) is 5.91 Å². The maximum absolute atomic E-state index is 12.2. The van der Waals surface area contributed by atoms with E-state index in [0.29, 0.717) is 46.1 Å². The van der Waals surface area contributed by atoms with Crippen LogP contribution >= 0.6 is 0 Å². The van der Waals surface area contributed by atoms with Crippen molar-refractivity contribution >= 4 is 40.8 Å². The number of carbonyl (C=O) groups is 3. The number of methoxy groups -OCH3 is 2. The topological polar surface area (TPSA) is 157 Å². The molecule has 0 bridgehead atoms. The molecule has 0 aliphatic carbocycles. The van der Waals surface area contributed by atoms with Gasteiger partial charge < -0.3 is 39.8 Å². The van der Waals surface area contributed by atoms with Crippen molar-refractivity contribution in [2.75, 3.05) is 76.2 Å². The Morgan fingerprint density at radius 1 is 0.692 bits per heavy atom. The lowest BCUT2D eigenvalue weighted by molar-refractivity contribution is -0.111. The van der Waals surface area contributed by atoms with Gasteiger partial charge in [-0.3, -0.25) is 15.4 Å². The van der Waals surface area contributed by atoms with Gasteiger partial charge in [-0.1, -0.05) is 6.58 Å². The predicted octanol–water partition coefficient (Wildman–Crippen LogP) is 7.41. The molecule has 13 heteroatoms. The fraction of sp³-hybridized carbons (Fsp3) is 0.564. The number of piperidine rings is 2. The molecular formula is C39H60N6O7. The number of nitrogens with two attached hydrogens (primary N) is 1. The lowest BCUT2D eigenvalue weighted by Crippen LogP contribution is -2.30. The minimum atomic E-state index is -0.620. The second-order valence-corrected chi connectivity index (χ2v) is 15.4. The van der Waals surface area contributed by atoms with Crippen LogP contribution in [0, 0.1) is 0 Å². The Morgan fingerprint density at radius 2 is 1.10 bits per heavy atom. The monoisotopic (exact) mass is 724 g/mol. The Balaban J connectivity index is 0.000000284. The maximum atomic E-state index is 12.2. The minimum Gasteiger partial charge on any atom is -0.495 e. The minimum absolute atomic E-state index is 0.292. The molecule has 2 fully saturated rings. The van der Waals surface area contributed by atoms with Crippen LogP contribution in [0.2, 0.25) is 0 Å². The number of nitrogens with one attached hydrogen (secondary N) is 3. The number of hydrogen-bond donors (Lipinski definition) is 4. The molecular weight excluding hydrogens is 664 g/mol. The van der Waals surface area contributed by atoms with Crippen LogP contribution in [0.1, 0.15) is 90.2 Å². The smallest absolute Gasteiger partial charge is 0.412 e. The summed E-state index contributed by atoms with van der Waals surface area (Å²) < 4.78 is 21.6. The van der Waals surface area contributed by atoms with Crippen molar-refractivity contribution in [1.82, 2.24) is 9.80 Å². The average Bonchev–Trinajstić information content (AvgIpc) is 3.04. The summed E-state index contributed by atoms with van der Waals surface area (Å²) in [5, 5.41) is 8.30. The van der Waals surface area contributed by atoms with Crippen molar-refractivity contribution in [1.29, 1.82) is 0 Å². The molecule has 2 aromatic rings. The molecule has 5 N–H and O–H groups in total. The molecule has 2 aliphatic heterocycles. The molecule has 2 heterocycles. The fourth-order valence-corrected chi connectivity index (χ4v) is 6.19. The van der Waals surface area contributed by atoms with Crippen molar-refractivity contribution < 1.29 is 33.3 Å². The highest BCUT2D eigenvalue weighted by atomic mass is 16.6. The normalized spacial score (nSPS) is 16.1. The summed E-state index contributed by atoms with van der Waals surface area (Å²) >= 11 is 0. The van der Waals surface area contributed by atoms with Crippen LogP contribution in [0.3, 0.4) is 0 Å². The number of benzene rings is 2. The summed E-state index contributed by atoms with van der Waals surface area (Å²) in [6.07, 6.45) is 4.23. The fourth-order valence-electron chi connectivity index (χ4n) is 6.19.